The number of benzene rings is 1. The van der Waals surface area contributed by atoms with Crippen LogP contribution in [-0.4, -0.2) is 29.6 Å². The van der Waals surface area contributed by atoms with E-state index in [9.17, 15) is 14.4 Å². The SMILES string of the molecule is C[C@H](NCc1cccc(-c2cc(C(N)=O)c(NC(N)=O)s2)c1)C(=O)OC(C)(C)C. The van der Waals surface area contributed by atoms with Crippen molar-refractivity contribution in [3.63, 3.8) is 0 Å². The molecule has 2 rings (SSSR count). The summed E-state index contributed by atoms with van der Waals surface area (Å²) in [6, 6.07) is 7.99. The molecule has 0 saturated heterocycles. The zero-order chi connectivity index (χ0) is 21.8. The highest BCUT2D eigenvalue weighted by Crippen LogP contribution is 2.35. The number of nitrogens with one attached hydrogen (secondary N) is 2. The Morgan fingerprint density at radius 2 is 1.86 bits per heavy atom. The first kappa shape index (κ1) is 22.4. The maximum absolute atomic E-state index is 12.1. The van der Waals surface area contributed by atoms with E-state index >= 15 is 0 Å². The van der Waals surface area contributed by atoms with Crippen molar-refractivity contribution in [3.05, 3.63) is 41.5 Å². The highest BCUT2D eigenvalue weighted by Gasteiger charge is 2.21. The van der Waals surface area contributed by atoms with Gasteiger partial charge in [0.25, 0.3) is 5.91 Å². The molecule has 3 amide bonds. The van der Waals surface area contributed by atoms with Crippen molar-refractivity contribution in [1.82, 2.24) is 5.32 Å². The fraction of sp³-hybridized carbons (Fsp3) is 0.350. The summed E-state index contributed by atoms with van der Waals surface area (Å²) in [4.78, 5) is 35.6. The maximum atomic E-state index is 12.1. The summed E-state index contributed by atoms with van der Waals surface area (Å²) in [5.41, 5.74) is 12.0. The monoisotopic (exact) mass is 418 g/mol. The third-order valence-electron chi connectivity index (χ3n) is 3.82. The zero-order valence-electron chi connectivity index (χ0n) is 16.9. The Balaban J connectivity index is 2.14. The molecule has 6 N–H and O–H groups in total. The summed E-state index contributed by atoms with van der Waals surface area (Å²) in [5, 5.41) is 5.87. The van der Waals surface area contributed by atoms with Crippen molar-refractivity contribution in [2.75, 3.05) is 5.32 Å². The first-order valence-corrected chi connectivity index (χ1v) is 9.83. The van der Waals surface area contributed by atoms with Crippen LogP contribution in [-0.2, 0) is 16.1 Å². The van der Waals surface area contributed by atoms with Crippen LogP contribution in [0.2, 0.25) is 0 Å². The van der Waals surface area contributed by atoms with Crippen LogP contribution in [0.4, 0.5) is 9.80 Å². The van der Waals surface area contributed by atoms with E-state index in [1.54, 1.807) is 13.0 Å². The Labute approximate surface area is 173 Å². The Morgan fingerprint density at radius 3 is 2.45 bits per heavy atom. The number of esters is 1. The van der Waals surface area contributed by atoms with Gasteiger partial charge in [-0.1, -0.05) is 18.2 Å². The average molecular weight is 419 g/mol. The Kier molecular flexibility index (Phi) is 6.99. The number of nitrogens with two attached hydrogens (primary N) is 2. The number of hydrogen-bond acceptors (Lipinski definition) is 6. The van der Waals surface area contributed by atoms with Crippen molar-refractivity contribution in [1.29, 1.82) is 0 Å². The van der Waals surface area contributed by atoms with Gasteiger partial charge in [-0.15, -0.1) is 11.3 Å². The zero-order valence-corrected chi connectivity index (χ0v) is 17.7. The van der Waals surface area contributed by atoms with Crippen LogP contribution in [0, 0.1) is 0 Å². The molecule has 8 nitrogen and oxygen atoms in total. The largest absolute Gasteiger partial charge is 0.459 e. The molecule has 1 aromatic carbocycles. The summed E-state index contributed by atoms with van der Waals surface area (Å²) in [5.74, 6) is -0.972. The molecule has 1 aromatic heterocycles. The highest BCUT2D eigenvalue weighted by atomic mass is 32.1. The molecule has 156 valence electrons. The summed E-state index contributed by atoms with van der Waals surface area (Å²) in [6.45, 7) is 7.67. The van der Waals surface area contributed by atoms with Crippen molar-refractivity contribution >= 4 is 34.2 Å². The third-order valence-corrected chi connectivity index (χ3v) is 4.92. The van der Waals surface area contributed by atoms with Gasteiger partial charge in [0, 0.05) is 11.4 Å². The number of carbonyl (C=O) groups is 3. The van der Waals surface area contributed by atoms with Gasteiger partial charge in [-0.2, -0.15) is 0 Å². The van der Waals surface area contributed by atoms with E-state index in [1.165, 1.54) is 11.3 Å². The second-order valence-electron chi connectivity index (χ2n) is 7.54. The number of hydrogen-bond donors (Lipinski definition) is 4. The minimum Gasteiger partial charge on any atom is -0.459 e. The van der Waals surface area contributed by atoms with E-state index in [0.29, 0.717) is 11.5 Å². The lowest BCUT2D eigenvalue weighted by Gasteiger charge is -2.22. The van der Waals surface area contributed by atoms with Crippen LogP contribution < -0.4 is 22.1 Å². The van der Waals surface area contributed by atoms with Crippen molar-refractivity contribution in [2.24, 2.45) is 11.5 Å². The highest BCUT2D eigenvalue weighted by molar-refractivity contribution is 7.20. The summed E-state index contributed by atoms with van der Waals surface area (Å²) in [7, 11) is 0. The molecule has 0 bridgehead atoms. The molecule has 0 saturated carbocycles. The van der Waals surface area contributed by atoms with Gasteiger partial charge < -0.3 is 21.5 Å². The average Bonchev–Trinajstić information content (AvgIpc) is 3.01. The number of urea groups is 1. The predicted molar refractivity (Wildman–Crippen MR) is 114 cm³/mol. The first-order chi connectivity index (χ1) is 13.5. The quantitative estimate of drug-likeness (QED) is 0.513. The molecule has 0 spiro atoms. The normalized spacial score (nSPS) is 12.3. The summed E-state index contributed by atoms with van der Waals surface area (Å²) < 4.78 is 5.36. The van der Waals surface area contributed by atoms with Crippen LogP contribution >= 0.6 is 11.3 Å². The third kappa shape index (κ3) is 6.58. The second-order valence-corrected chi connectivity index (χ2v) is 8.60. The molecule has 0 radical (unpaired) electrons. The molecule has 1 atom stereocenters. The maximum Gasteiger partial charge on any atom is 0.323 e. The van der Waals surface area contributed by atoms with Gasteiger partial charge in [0.05, 0.1) is 5.56 Å². The fourth-order valence-electron chi connectivity index (χ4n) is 2.50. The standard InChI is InChI=1S/C20H26N4O4S/c1-11(18(26)28-20(2,3)4)23-10-12-6-5-7-13(8-12)15-9-14(16(21)25)17(29-15)24-19(22)27/h5-9,11,23H,10H2,1-4H3,(H2,21,25)(H3,22,24,27)/t11-/m0/s1. The Morgan fingerprint density at radius 1 is 1.17 bits per heavy atom. The van der Waals surface area contributed by atoms with Crippen LogP contribution in [0.15, 0.2) is 30.3 Å². The Bertz CT molecular complexity index is 917. The molecular formula is C20H26N4O4S. The lowest BCUT2D eigenvalue weighted by Crippen LogP contribution is -2.38. The molecule has 2 aromatic rings. The number of thiophene rings is 1. The van der Waals surface area contributed by atoms with Gasteiger partial charge in [0.15, 0.2) is 0 Å². The lowest BCUT2D eigenvalue weighted by molar-refractivity contribution is -0.157. The molecular weight excluding hydrogens is 392 g/mol. The van der Waals surface area contributed by atoms with Crippen LogP contribution in [0.3, 0.4) is 0 Å². The molecule has 0 aliphatic heterocycles. The molecule has 0 unspecified atom stereocenters. The van der Waals surface area contributed by atoms with Crippen molar-refractivity contribution in [2.45, 2.75) is 45.9 Å². The van der Waals surface area contributed by atoms with E-state index < -0.39 is 23.6 Å². The van der Waals surface area contributed by atoms with E-state index in [2.05, 4.69) is 10.6 Å². The van der Waals surface area contributed by atoms with Gasteiger partial charge >= 0.3 is 12.0 Å². The lowest BCUT2D eigenvalue weighted by atomic mass is 10.1. The van der Waals surface area contributed by atoms with Crippen LogP contribution in [0.25, 0.3) is 10.4 Å². The number of primary amides is 2. The summed E-state index contributed by atoms with van der Waals surface area (Å²) in [6.07, 6.45) is 0. The number of ether oxygens (including phenoxy) is 1. The molecule has 0 aliphatic rings. The summed E-state index contributed by atoms with van der Waals surface area (Å²) >= 11 is 1.21. The van der Waals surface area contributed by atoms with Crippen LogP contribution in [0.1, 0.15) is 43.6 Å². The van der Waals surface area contributed by atoms with E-state index in [4.69, 9.17) is 16.2 Å². The first-order valence-electron chi connectivity index (χ1n) is 9.02. The molecule has 1 heterocycles. The van der Waals surface area contributed by atoms with Gasteiger partial charge in [-0.25, -0.2) is 4.79 Å². The van der Waals surface area contributed by atoms with Crippen molar-refractivity contribution in [3.8, 4) is 10.4 Å². The number of rotatable bonds is 7. The molecule has 0 fully saturated rings. The van der Waals surface area contributed by atoms with E-state index in [-0.39, 0.29) is 11.5 Å². The van der Waals surface area contributed by atoms with E-state index in [1.807, 2.05) is 45.0 Å². The number of anilines is 1. The Hall–Kier alpha value is -2.91. The second kappa shape index (κ2) is 9.06. The molecule has 9 heteroatoms. The van der Waals surface area contributed by atoms with Gasteiger partial charge in [-0.3, -0.25) is 14.9 Å². The van der Waals surface area contributed by atoms with Gasteiger partial charge in [-0.05, 0) is 51.0 Å². The van der Waals surface area contributed by atoms with Gasteiger partial charge in [0.2, 0.25) is 0 Å². The van der Waals surface area contributed by atoms with Gasteiger partial charge in [0.1, 0.15) is 16.6 Å². The molecule has 29 heavy (non-hydrogen) atoms. The topological polar surface area (TPSA) is 137 Å². The smallest absolute Gasteiger partial charge is 0.323 e. The predicted octanol–water partition coefficient (Wildman–Crippen LogP) is 2.82. The van der Waals surface area contributed by atoms with Crippen LogP contribution in [0.5, 0.6) is 0 Å². The number of carbonyl (C=O) groups excluding carboxylic acids is 3. The minimum absolute atomic E-state index is 0.200. The minimum atomic E-state index is -0.769. The van der Waals surface area contributed by atoms with E-state index in [0.717, 1.165) is 16.0 Å². The fourth-order valence-corrected chi connectivity index (χ4v) is 3.56. The number of amides is 3. The molecule has 0 aliphatic carbocycles. The van der Waals surface area contributed by atoms with Crippen molar-refractivity contribution < 1.29 is 19.1 Å².